The molecule has 1 unspecified atom stereocenters. The van der Waals surface area contributed by atoms with Crippen LogP contribution in [0.2, 0.25) is 0 Å². The first-order valence-electron chi connectivity index (χ1n) is 6.56. The Kier molecular flexibility index (Phi) is 7.33. The van der Waals surface area contributed by atoms with Gasteiger partial charge in [-0.2, -0.15) is 0 Å². The van der Waals surface area contributed by atoms with Gasteiger partial charge in [-0.15, -0.1) is 11.6 Å². The number of carbonyl (C=O) groups excluding carboxylic acids is 2. The van der Waals surface area contributed by atoms with Crippen molar-refractivity contribution in [2.75, 3.05) is 12.5 Å². The van der Waals surface area contributed by atoms with Gasteiger partial charge in [0.2, 0.25) is 0 Å². The van der Waals surface area contributed by atoms with Gasteiger partial charge < -0.3 is 9.47 Å². The molecule has 0 bridgehead atoms. The molecular weight excluding hydrogens is 270 g/mol. The average Bonchev–Trinajstić information content (AvgIpc) is 2.57. The van der Waals surface area contributed by atoms with Crippen LogP contribution in [0.5, 0.6) is 0 Å². The summed E-state index contributed by atoms with van der Waals surface area (Å²) in [4.78, 5) is 22.6. The number of rotatable bonds is 6. The van der Waals surface area contributed by atoms with E-state index in [1.165, 1.54) is 0 Å². The summed E-state index contributed by atoms with van der Waals surface area (Å²) >= 11 is 5.42. The van der Waals surface area contributed by atoms with E-state index in [0.29, 0.717) is 12.1 Å². The predicted octanol–water partition coefficient (Wildman–Crippen LogP) is 2.73. The Morgan fingerprint density at radius 1 is 1.58 bits per heavy atom. The Labute approximate surface area is 118 Å². The van der Waals surface area contributed by atoms with Crippen molar-refractivity contribution >= 4 is 23.7 Å². The molecule has 5 nitrogen and oxygen atoms in total. The maximum atomic E-state index is 11.3. The van der Waals surface area contributed by atoms with Gasteiger partial charge in [-0.05, 0) is 12.8 Å². The fourth-order valence-corrected chi connectivity index (χ4v) is 1.86. The number of ether oxygens (including phenoxy) is 2. The molecule has 1 atom stereocenters. The lowest BCUT2D eigenvalue weighted by Crippen LogP contribution is -2.29. The topological polar surface area (TPSA) is 64.6 Å². The molecule has 0 aromatic heterocycles. The lowest BCUT2D eigenvalue weighted by Gasteiger charge is -2.17. The van der Waals surface area contributed by atoms with Crippen LogP contribution in [0.15, 0.2) is 11.8 Å². The zero-order chi connectivity index (χ0) is 14.1. The molecule has 1 amide bonds. The normalized spacial score (nSPS) is 21.5. The average molecular weight is 290 g/mol. The maximum absolute atomic E-state index is 11.3. The van der Waals surface area contributed by atoms with Crippen LogP contribution in [0.25, 0.3) is 0 Å². The number of halogens is 1. The molecule has 0 aromatic carbocycles. The number of cyclic esters (lactones) is 1. The quantitative estimate of drug-likeness (QED) is 0.464. The van der Waals surface area contributed by atoms with Crippen molar-refractivity contribution < 1.29 is 19.1 Å². The number of hydrogen-bond acceptors (Lipinski definition) is 4. The molecule has 0 aromatic rings. The highest BCUT2D eigenvalue weighted by Gasteiger charge is 2.24. The highest BCUT2D eigenvalue weighted by molar-refractivity contribution is 6.26. The minimum atomic E-state index is -0.508. The van der Waals surface area contributed by atoms with E-state index in [2.05, 4.69) is 12.2 Å². The molecule has 0 spiro atoms. The van der Waals surface area contributed by atoms with Crippen molar-refractivity contribution in [2.45, 2.75) is 45.1 Å². The molecular formula is C13H20ClNO4. The summed E-state index contributed by atoms with van der Waals surface area (Å²) in [7, 11) is 0. The highest BCUT2D eigenvalue weighted by Crippen LogP contribution is 2.15. The van der Waals surface area contributed by atoms with Crippen LogP contribution in [0.1, 0.15) is 39.0 Å². The van der Waals surface area contributed by atoms with Crippen molar-refractivity contribution in [1.82, 2.24) is 5.32 Å². The summed E-state index contributed by atoms with van der Waals surface area (Å²) in [6, 6.07) is 0. The Balaban J connectivity index is 2.65. The number of allylic oxidation sites excluding steroid dienone is 1. The largest absolute Gasteiger partial charge is 0.455 e. The molecule has 1 N–H and O–H groups in total. The van der Waals surface area contributed by atoms with E-state index in [4.69, 9.17) is 21.1 Å². The van der Waals surface area contributed by atoms with E-state index < -0.39 is 18.2 Å². The second-order valence-corrected chi connectivity index (χ2v) is 4.58. The minimum absolute atomic E-state index is 0.200. The number of alkyl halides is 1. The third-order valence-electron chi connectivity index (χ3n) is 2.76. The van der Waals surface area contributed by atoms with Gasteiger partial charge in [0.05, 0.1) is 12.3 Å². The zero-order valence-electron chi connectivity index (χ0n) is 11.1. The SMILES string of the molecule is CCCCC/C=C1/NC(=O)OCCC1OC(=O)CCl. The summed E-state index contributed by atoms with van der Waals surface area (Å²) in [5.41, 5.74) is 0.595. The molecule has 6 heteroatoms. The number of nitrogens with one attached hydrogen (secondary N) is 1. The number of alkyl carbamates (subject to hydrolysis) is 1. The maximum Gasteiger partial charge on any atom is 0.411 e. The van der Waals surface area contributed by atoms with Crippen LogP contribution >= 0.6 is 11.6 Å². The third-order valence-corrected chi connectivity index (χ3v) is 2.98. The minimum Gasteiger partial charge on any atom is -0.455 e. The van der Waals surface area contributed by atoms with E-state index in [1.807, 2.05) is 6.08 Å². The van der Waals surface area contributed by atoms with Crippen molar-refractivity contribution in [1.29, 1.82) is 0 Å². The lowest BCUT2D eigenvalue weighted by atomic mass is 10.1. The fraction of sp³-hybridized carbons (Fsp3) is 0.692. The Morgan fingerprint density at radius 2 is 2.37 bits per heavy atom. The van der Waals surface area contributed by atoms with Gasteiger partial charge >= 0.3 is 12.1 Å². The lowest BCUT2D eigenvalue weighted by molar-refractivity contribution is -0.144. The first kappa shape index (κ1) is 15.8. The van der Waals surface area contributed by atoms with E-state index in [9.17, 15) is 9.59 Å². The molecule has 0 radical (unpaired) electrons. The summed E-state index contributed by atoms with van der Waals surface area (Å²) in [5, 5.41) is 2.61. The monoisotopic (exact) mass is 289 g/mol. The molecule has 1 heterocycles. The summed E-state index contributed by atoms with van der Waals surface area (Å²) in [6.07, 6.45) is 5.47. The molecule has 0 aliphatic carbocycles. The van der Waals surface area contributed by atoms with E-state index >= 15 is 0 Å². The van der Waals surface area contributed by atoms with Crippen LogP contribution in [-0.4, -0.2) is 30.7 Å². The van der Waals surface area contributed by atoms with Gasteiger partial charge in [-0.3, -0.25) is 10.1 Å². The molecule has 1 fully saturated rings. The van der Waals surface area contributed by atoms with E-state index in [-0.39, 0.29) is 12.5 Å². The molecule has 0 saturated carbocycles. The first-order chi connectivity index (χ1) is 9.17. The van der Waals surface area contributed by atoms with Crippen molar-refractivity contribution in [2.24, 2.45) is 0 Å². The second-order valence-electron chi connectivity index (χ2n) is 4.32. The van der Waals surface area contributed by atoms with Crippen LogP contribution < -0.4 is 5.32 Å². The molecule has 1 rings (SSSR count). The molecule has 1 saturated heterocycles. The molecule has 1 aliphatic heterocycles. The summed E-state index contributed by atoms with van der Waals surface area (Å²) in [5.74, 6) is -0.698. The standard InChI is InChI=1S/C13H20ClNO4/c1-2-3-4-5-6-10-11(19-12(16)9-14)7-8-18-13(17)15-10/h6,11H,2-5,7-9H2,1H3,(H,15,17)/b10-6+. The third kappa shape index (κ3) is 5.96. The van der Waals surface area contributed by atoms with Crippen LogP contribution in [0.3, 0.4) is 0 Å². The first-order valence-corrected chi connectivity index (χ1v) is 7.10. The molecule has 1 aliphatic rings. The van der Waals surface area contributed by atoms with Crippen LogP contribution in [0.4, 0.5) is 4.79 Å². The van der Waals surface area contributed by atoms with Gasteiger partial charge in [-0.1, -0.05) is 25.8 Å². The van der Waals surface area contributed by atoms with Crippen LogP contribution in [0, 0.1) is 0 Å². The van der Waals surface area contributed by atoms with Gasteiger partial charge in [0.25, 0.3) is 0 Å². The van der Waals surface area contributed by atoms with E-state index in [0.717, 1.165) is 25.7 Å². The fourth-order valence-electron chi connectivity index (χ4n) is 1.80. The zero-order valence-corrected chi connectivity index (χ0v) is 11.9. The van der Waals surface area contributed by atoms with Gasteiger partial charge in [0.1, 0.15) is 12.0 Å². The Bertz CT molecular complexity index is 344. The second kappa shape index (κ2) is 8.80. The number of esters is 1. The van der Waals surface area contributed by atoms with Crippen molar-refractivity contribution in [3.8, 4) is 0 Å². The van der Waals surface area contributed by atoms with E-state index in [1.54, 1.807) is 0 Å². The van der Waals surface area contributed by atoms with Gasteiger partial charge in [0.15, 0.2) is 0 Å². The van der Waals surface area contributed by atoms with Gasteiger partial charge in [0, 0.05) is 6.42 Å². The number of unbranched alkanes of at least 4 members (excludes halogenated alkanes) is 3. The highest BCUT2D eigenvalue weighted by atomic mass is 35.5. The summed E-state index contributed by atoms with van der Waals surface area (Å²) < 4.78 is 10.1. The Hall–Kier alpha value is -1.23. The molecule has 108 valence electrons. The Morgan fingerprint density at radius 3 is 3.05 bits per heavy atom. The van der Waals surface area contributed by atoms with Crippen LogP contribution in [-0.2, 0) is 14.3 Å². The van der Waals surface area contributed by atoms with Crippen molar-refractivity contribution in [3.63, 3.8) is 0 Å². The smallest absolute Gasteiger partial charge is 0.411 e. The van der Waals surface area contributed by atoms with Crippen molar-refractivity contribution in [3.05, 3.63) is 11.8 Å². The number of carbonyl (C=O) groups is 2. The van der Waals surface area contributed by atoms with Gasteiger partial charge in [-0.25, -0.2) is 4.79 Å². The predicted molar refractivity (Wildman–Crippen MR) is 71.9 cm³/mol. The number of amides is 1. The number of hydrogen-bond donors (Lipinski definition) is 1. The summed E-state index contributed by atoms with van der Waals surface area (Å²) in [6.45, 7) is 2.35. The molecule has 19 heavy (non-hydrogen) atoms.